The average molecular weight is 242 g/mol. The van der Waals surface area contributed by atoms with E-state index >= 15 is 0 Å². The van der Waals surface area contributed by atoms with Crippen LogP contribution in [0.3, 0.4) is 0 Å². The monoisotopic (exact) mass is 242 g/mol. The van der Waals surface area contributed by atoms with Gasteiger partial charge in [0.1, 0.15) is 0 Å². The number of hydrogen-bond donors (Lipinski definition) is 1. The predicted molar refractivity (Wildman–Crippen MR) is 63.6 cm³/mol. The van der Waals surface area contributed by atoms with Crippen LogP contribution in [0, 0.1) is 0 Å². The van der Waals surface area contributed by atoms with Crippen molar-refractivity contribution in [2.24, 2.45) is 5.73 Å². The second-order valence-corrected chi connectivity index (χ2v) is 4.99. The van der Waals surface area contributed by atoms with Gasteiger partial charge in [-0.2, -0.15) is 0 Å². The molecule has 5 heteroatoms. The van der Waals surface area contributed by atoms with E-state index in [4.69, 9.17) is 15.2 Å². The Hall–Kier alpha value is -0.650. The van der Waals surface area contributed by atoms with Gasteiger partial charge in [-0.05, 0) is 12.8 Å². The first-order valence-corrected chi connectivity index (χ1v) is 6.34. The average Bonchev–Trinajstić information content (AvgIpc) is 2.73. The number of amides is 1. The molecule has 0 radical (unpaired) electrons. The first-order chi connectivity index (χ1) is 8.19. The van der Waals surface area contributed by atoms with Crippen molar-refractivity contribution in [3.05, 3.63) is 0 Å². The standard InChI is InChI=1S/C12H22N2O3/c1-16-10-3-7-17-12(8-10)4-6-14(9-12)11(15)2-5-13/h10H,2-9,13H2,1H3/t10-,12-/m0/s1. The number of carbonyl (C=O) groups is 1. The third kappa shape index (κ3) is 2.78. The lowest BCUT2D eigenvalue weighted by molar-refractivity contribution is -0.137. The molecule has 2 N–H and O–H groups in total. The maximum Gasteiger partial charge on any atom is 0.223 e. The molecule has 0 unspecified atom stereocenters. The Morgan fingerprint density at radius 3 is 3.18 bits per heavy atom. The maximum absolute atomic E-state index is 11.8. The lowest BCUT2D eigenvalue weighted by Gasteiger charge is -2.37. The zero-order valence-electron chi connectivity index (χ0n) is 10.5. The minimum atomic E-state index is -0.164. The summed E-state index contributed by atoms with van der Waals surface area (Å²) in [7, 11) is 1.75. The van der Waals surface area contributed by atoms with Gasteiger partial charge >= 0.3 is 0 Å². The number of ether oxygens (including phenoxy) is 2. The molecule has 0 saturated carbocycles. The van der Waals surface area contributed by atoms with Gasteiger partial charge in [-0.15, -0.1) is 0 Å². The molecule has 0 bridgehead atoms. The zero-order chi connectivity index (χ0) is 12.3. The molecule has 2 aliphatic heterocycles. The van der Waals surface area contributed by atoms with Crippen molar-refractivity contribution < 1.29 is 14.3 Å². The molecule has 98 valence electrons. The molecule has 0 aliphatic carbocycles. The highest BCUT2D eigenvalue weighted by Gasteiger charge is 2.44. The smallest absolute Gasteiger partial charge is 0.223 e. The fourth-order valence-corrected chi connectivity index (χ4v) is 2.81. The van der Waals surface area contributed by atoms with E-state index in [-0.39, 0.29) is 17.6 Å². The van der Waals surface area contributed by atoms with Crippen molar-refractivity contribution in [2.75, 3.05) is 33.4 Å². The van der Waals surface area contributed by atoms with Gasteiger partial charge in [0.15, 0.2) is 0 Å². The topological polar surface area (TPSA) is 64.8 Å². The minimum Gasteiger partial charge on any atom is -0.381 e. The molecular weight excluding hydrogens is 220 g/mol. The normalized spacial score (nSPS) is 33.3. The highest BCUT2D eigenvalue weighted by atomic mass is 16.5. The first-order valence-electron chi connectivity index (χ1n) is 6.34. The molecule has 2 saturated heterocycles. The van der Waals surface area contributed by atoms with Crippen LogP contribution in [0.2, 0.25) is 0 Å². The highest BCUT2D eigenvalue weighted by molar-refractivity contribution is 5.76. The first kappa shape index (κ1) is 12.8. The summed E-state index contributed by atoms with van der Waals surface area (Å²) in [5, 5.41) is 0. The largest absolute Gasteiger partial charge is 0.381 e. The summed E-state index contributed by atoms with van der Waals surface area (Å²) in [6, 6.07) is 0. The molecule has 2 heterocycles. The number of carbonyl (C=O) groups excluding carboxylic acids is 1. The van der Waals surface area contributed by atoms with E-state index < -0.39 is 0 Å². The third-order valence-electron chi connectivity index (χ3n) is 3.81. The lowest BCUT2D eigenvalue weighted by Crippen LogP contribution is -2.45. The van der Waals surface area contributed by atoms with Crippen LogP contribution in [0.1, 0.15) is 25.7 Å². The van der Waals surface area contributed by atoms with Crippen LogP contribution in [-0.4, -0.2) is 55.9 Å². The van der Waals surface area contributed by atoms with Crippen LogP contribution < -0.4 is 5.73 Å². The third-order valence-corrected chi connectivity index (χ3v) is 3.81. The SMILES string of the molecule is CO[C@H]1CCO[C@@]2(CCN(C(=O)CCN)C2)C1. The Morgan fingerprint density at radius 2 is 2.47 bits per heavy atom. The van der Waals surface area contributed by atoms with E-state index in [2.05, 4.69) is 0 Å². The summed E-state index contributed by atoms with van der Waals surface area (Å²) in [5.41, 5.74) is 5.25. The summed E-state index contributed by atoms with van der Waals surface area (Å²) in [4.78, 5) is 13.7. The van der Waals surface area contributed by atoms with Gasteiger partial charge in [0.2, 0.25) is 5.91 Å². The Kier molecular flexibility index (Phi) is 4.01. The van der Waals surface area contributed by atoms with Crippen molar-refractivity contribution in [1.82, 2.24) is 4.90 Å². The van der Waals surface area contributed by atoms with Gasteiger partial charge in [-0.1, -0.05) is 0 Å². The fraction of sp³-hybridized carbons (Fsp3) is 0.917. The van der Waals surface area contributed by atoms with Crippen molar-refractivity contribution in [2.45, 2.75) is 37.4 Å². The number of likely N-dealkylation sites (tertiary alicyclic amines) is 1. The van der Waals surface area contributed by atoms with E-state index in [1.54, 1.807) is 7.11 Å². The molecule has 2 rings (SSSR count). The van der Waals surface area contributed by atoms with Crippen LogP contribution in [0.25, 0.3) is 0 Å². The second kappa shape index (κ2) is 5.33. The van der Waals surface area contributed by atoms with E-state index in [1.807, 2.05) is 4.90 Å². The fourth-order valence-electron chi connectivity index (χ4n) is 2.81. The molecule has 2 aliphatic rings. The van der Waals surface area contributed by atoms with Crippen LogP contribution in [0.5, 0.6) is 0 Å². The number of methoxy groups -OCH3 is 1. The molecule has 0 aromatic rings. The zero-order valence-corrected chi connectivity index (χ0v) is 10.5. The molecule has 17 heavy (non-hydrogen) atoms. The van der Waals surface area contributed by atoms with Gasteiger partial charge in [0.05, 0.1) is 11.7 Å². The minimum absolute atomic E-state index is 0.146. The van der Waals surface area contributed by atoms with Gasteiger partial charge in [-0.25, -0.2) is 0 Å². The summed E-state index contributed by atoms with van der Waals surface area (Å²) in [6.45, 7) is 2.64. The van der Waals surface area contributed by atoms with E-state index in [1.165, 1.54) is 0 Å². The molecule has 2 atom stereocenters. The van der Waals surface area contributed by atoms with E-state index in [0.717, 1.165) is 32.4 Å². The Balaban J connectivity index is 1.93. The molecule has 1 spiro atoms. The molecule has 1 amide bonds. The summed E-state index contributed by atoms with van der Waals surface area (Å²) in [6.07, 6.45) is 3.48. The van der Waals surface area contributed by atoms with Crippen LogP contribution in [0.15, 0.2) is 0 Å². The summed E-state index contributed by atoms with van der Waals surface area (Å²) in [5.74, 6) is 0.146. The predicted octanol–water partition coefficient (Wildman–Crippen LogP) is 0.132. The molecule has 0 aromatic heterocycles. The molecule has 5 nitrogen and oxygen atoms in total. The van der Waals surface area contributed by atoms with Crippen LogP contribution in [-0.2, 0) is 14.3 Å². The number of rotatable bonds is 3. The Bertz CT molecular complexity index is 285. The molecule has 0 aromatic carbocycles. The van der Waals surface area contributed by atoms with Gasteiger partial charge in [0.25, 0.3) is 0 Å². The number of nitrogens with zero attached hydrogens (tertiary/aromatic N) is 1. The Labute approximate surface area is 102 Å². The lowest BCUT2D eigenvalue weighted by atomic mass is 9.91. The molecule has 2 fully saturated rings. The van der Waals surface area contributed by atoms with E-state index in [9.17, 15) is 4.79 Å². The van der Waals surface area contributed by atoms with Crippen LogP contribution >= 0.6 is 0 Å². The number of hydrogen-bond acceptors (Lipinski definition) is 4. The van der Waals surface area contributed by atoms with Crippen molar-refractivity contribution in [3.8, 4) is 0 Å². The van der Waals surface area contributed by atoms with E-state index in [0.29, 0.717) is 19.5 Å². The van der Waals surface area contributed by atoms with Gasteiger partial charge in [0, 0.05) is 46.2 Å². The van der Waals surface area contributed by atoms with Crippen LogP contribution in [0.4, 0.5) is 0 Å². The summed E-state index contributed by atoms with van der Waals surface area (Å²) < 4.78 is 11.3. The van der Waals surface area contributed by atoms with Gasteiger partial charge in [-0.3, -0.25) is 4.79 Å². The van der Waals surface area contributed by atoms with Crippen molar-refractivity contribution in [3.63, 3.8) is 0 Å². The van der Waals surface area contributed by atoms with Crippen molar-refractivity contribution >= 4 is 5.91 Å². The second-order valence-electron chi connectivity index (χ2n) is 4.99. The quantitative estimate of drug-likeness (QED) is 0.764. The maximum atomic E-state index is 11.8. The van der Waals surface area contributed by atoms with Crippen molar-refractivity contribution in [1.29, 1.82) is 0 Å². The Morgan fingerprint density at radius 1 is 1.65 bits per heavy atom. The molecular formula is C12H22N2O3. The highest BCUT2D eigenvalue weighted by Crippen LogP contribution is 2.35. The number of nitrogens with two attached hydrogens (primary N) is 1. The summed E-state index contributed by atoms with van der Waals surface area (Å²) >= 11 is 0. The van der Waals surface area contributed by atoms with Gasteiger partial charge < -0.3 is 20.1 Å².